The van der Waals surface area contributed by atoms with Crippen molar-refractivity contribution in [1.29, 1.82) is 0 Å². The Morgan fingerprint density at radius 1 is 1.09 bits per heavy atom. The number of aromatic nitrogens is 4. The van der Waals surface area contributed by atoms with E-state index < -0.39 is 0 Å². The number of thiophene rings is 1. The fourth-order valence-corrected chi connectivity index (χ4v) is 5.00. The van der Waals surface area contributed by atoms with Crippen LogP contribution in [-0.4, -0.2) is 25.5 Å². The molecule has 34 heavy (non-hydrogen) atoms. The lowest BCUT2D eigenvalue weighted by atomic mass is 10.0. The summed E-state index contributed by atoms with van der Waals surface area (Å²) < 4.78 is 1.14. The van der Waals surface area contributed by atoms with E-state index in [-0.39, 0.29) is 23.4 Å². The molecule has 0 saturated heterocycles. The van der Waals surface area contributed by atoms with Gasteiger partial charge in [-0.05, 0) is 31.0 Å². The highest BCUT2D eigenvalue weighted by Crippen LogP contribution is 2.35. The second kappa shape index (κ2) is 9.03. The van der Waals surface area contributed by atoms with Crippen molar-refractivity contribution in [2.45, 2.75) is 26.2 Å². The number of nitrogens with zero attached hydrogens (tertiary/aromatic N) is 3. The van der Waals surface area contributed by atoms with Crippen LogP contribution in [0.3, 0.4) is 0 Å². The molecule has 0 atom stereocenters. The number of hydrogen-bond donors (Lipinski definition) is 2. The number of hydrogen-bond acceptors (Lipinski definition) is 6. The van der Waals surface area contributed by atoms with Crippen LogP contribution in [0.4, 0.5) is 0 Å². The maximum Gasteiger partial charge on any atom is 0.281 e. The third-order valence-corrected chi connectivity index (χ3v) is 6.59. The van der Waals surface area contributed by atoms with Crippen molar-refractivity contribution in [2.24, 2.45) is 0 Å². The van der Waals surface area contributed by atoms with Gasteiger partial charge >= 0.3 is 0 Å². The molecule has 1 amide bonds. The third kappa shape index (κ3) is 4.13. The number of aryl methyl sites for hydroxylation is 2. The van der Waals surface area contributed by atoms with Crippen molar-refractivity contribution in [3.05, 3.63) is 92.3 Å². The van der Waals surface area contributed by atoms with Gasteiger partial charge in [0.25, 0.3) is 11.1 Å². The molecule has 0 saturated carbocycles. The topological polar surface area (TPSA) is 110 Å². The first-order valence-electron chi connectivity index (χ1n) is 10.9. The quantitative estimate of drug-likeness (QED) is 0.392. The number of benzene rings is 2. The Hall–Kier alpha value is -4.11. The molecule has 0 aliphatic carbocycles. The Bertz CT molecular complexity index is 1640. The molecule has 0 aliphatic heterocycles. The van der Waals surface area contributed by atoms with Gasteiger partial charge in [0.05, 0.1) is 16.3 Å². The molecule has 170 valence electrons. The number of carbonyl (C=O) groups is 1. The summed E-state index contributed by atoms with van der Waals surface area (Å²) in [5.41, 5.74) is 4.52. The van der Waals surface area contributed by atoms with E-state index >= 15 is 0 Å². The summed E-state index contributed by atoms with van der Waals surface area (Å²) in [7, 11) is 0. The molecule has 0 unspecified atom stereocenters. The zero-order valence-electron chi connectivity index (χ0n) is 18.4. The van der Waals surface area contributed by atoms with Crippen LogP contribution in [0.1, 0.15) is 23.5 Å². The van der Waals surface area contributed by atoms with E-state index in [1.165, 1.54) is 17.7 Å². The van der Waals surface area contributed by atoms with Gasteiger partial charge < -0.3 is 4.98 Å². The minimum Gasteiger partial charge on any atom is -0.310 e. The maximum absolute atomic E-state index is 13.2. The number of carbonyl (C=O) groups excluding carboxylic acids is 1. The van der Waals surface area contributed by atoms with E-state index in [1.807, 2.05) is 43.3 Å². The molecule has 0 aliphatic rings. The molecular formula is C25H21N5O3S. The molecule has 2 aromatic carbocycles. The number of aromatic amines is 1. The molecule has 3 aromatic heterocycles. The molecule has 8 nitrogen and oxygen atoms in total. The predicted octanol–water partition coefficient (Wildman–Crippen LogP) is 3.76. The molecule has 0 spiro atoms. The standard InChI is InChI=1S/C25H21N5O3S/c1-15-21(16-8-3-2-4-9-16)22-24(34-15)26-14-30(25(22)33)29-20(31)13-7-12-19-27-18-11-6-5-10-17(18)23(32)28-19/h2-6,8-11,14H,7,12-13H2,1H3,(H,29,31)(H,27,28,32). The van der Waals surface area contributed by atoms with Crippen LogP contribution in [-0.2, 0) is 11.2 Å². The van der Waals surface area contributed by atoms with Gasteiger partial charge in [0.1, 0.15) is 17.0 Å². The molecule has 5 aromatic rings. The van der Waals surface area contributed by atoms with Gasteiger partial charge in [-0.3, -0.25) is 19.8 Å². The van der Waals surface area contributed by atoms with Crippen LogP contribution < -0.4 is 16.5 Å². The monoisotopic (exact) mass is 471 g/mol. The predicted molar refractivity (Wildman–Crippen MR) is 134 cm³/mol. The summed E-state index contributed by atoms with van der Waals surface area (Å²) in [5.74, 6) is 0.206. The molecule has 3 heterocycles. The first kappa shape index (κ1) is 21.7. The molecular weight excluding hydrogens is 450 g/mol. The fourth-order valence-electron chi connectivity index (χ4n) is 3.99. The summed E-state index contributed by atoms with van der Waals surface area (Å²) in [6.45, 7) is 1.96. The average molecular weight is 472 g/mol. The van der Waals surface area contributed by atoms with Crippen molar-refractivity contribution in [1.82, 2.24) is 19.6 Å². The number of rotatable bonds is 6. The van der Waals surface area contributed by atoms with Gasteiger partial charge in [-0.1, -0.05) is 42.5 Å². The van der Waals surface area contributed by atoms with Crippen LogP contribution >= 0.6 is 11.3 Å². The van der Waals surface area contributed by atoms with Crippen LogP contribution in [0.2, 0.25) is 0 Å². The summed E-state index contributed by atoms with van der Waals surface area (Å²) >= 11 is 1.46. The van der Waals surface area contributed by atoms with Gasteiger partial charge in [0.15, 0.2) is 0 Å². The number of fused-ring (bicyclic) bond motifs is 2. The van der Waals surface area contributed by atoms with Crippen LogP contribution in [0.5, 0.6) is 0 Å². The largest absolute Gasteiger partial charge is 0.310 e. The zero-order valence-corrected chi connectivity index (χ0v) is 19.2. The Morgan fingerprint density at radius 3 is 2.68 bits per heavy atom. The normalized spacial score (nSPS) is 11.2. The lowest BCUT2D eigenvalue weighted by molar-refractivity contribution is -0.117. The van der Waals surface area contributed by atoms with Crippen LogP contribution in [0, 0.1) is 6.92 Å². The first-order valence-corrected chi connectivity index (χ1v) is 11.7. The number of para-hydroxylation sites is 1. The van der Waals surface area contributed by atoms with E-state index in [9.17, 15) is 14.4 Å². The minimum absolute atomic E-state index is 0.162. The van der Waals surface area contributed by atoms with E-state index in [1.54, 1.807) is 18.2 Å². The third-order valence-electron chi connectivity index (χ3n) is 5.58. The molecule has 9 heteroatoms. The Balaban J connectivity index is 1.32. The van der Waals surface area contributed by atoms with Crippen molar-refractivity contribution in [3.8, 4) is 11.1 Å². The number of H-pyrrole nitrogens is 1. The van der Waals surface area contributed by atoms with Gasteiger partial charge in [0.2, 0.25) is 5.91 Å². The molecule has 0 fully saturated rings. The smallest absolute Gasteiger partial charge is 0.281 e. The van der Waals surface area contributed by atoms with E-state index in [2.05, 4.69) is 20.4 Å². The highest BCUT2D eigenvalue weighted by molar-refractivity contribution is 7.19. The van der Waals surface area contributed by atoms with Gasteiger partial charge in [0, 0.05) is 23.3 Å². The van der Waals surface area contributed by atoms with Crippen molar-refractivity contribution >= 4 is 38.4 Å². The van der Waals surface area contributed by atoms with Gasteiger partial charge in [-0.25, -0.2) is 14.6 Å². The average Bonchev–Trinajstić information content (AvgIpc) is 3.18. The Labute approximate surface area is 197 Å². The first-order chi connectivity index (χ1) is 16.5. The molecule has 2 N–H and O–H groups in total. The highest BCUT2D eigenvalue weighted by atomic mass is 32.1. The second-order valence-electron chi connectivity index (χ2n) is 7.92. The minimum atomic E-state index is -0.320. The SMILES string of the molecule is Cc1sc2ncn(NC(=O)CCCc3nc4ccccc4c(=O)[nH]3)c(=O)c2c1-c1ccccc1. The van der Waals surface area contributed by atoms with E-state index in [0.29, 0.717) is 39.8 Å². The van der Waals surface area contributed by atoms with E-state index in [0.717, 1.165) is 20.7 Å². The summed E-state index contributed by atoms with van der Waals surface area (Å²) in [6.07, 6.45) is 2.40. The number of nitrogens with one attached hydrogen (secondary N) is 2. The second-order valence-corrected chi connectivity index (χ2v) is 9.12. The van der Waals surface area contributed by atoms with Crippen molar-refractivity contribution < 1.29 is 4.79 Å². The van der Waals surface area contributed by atoms with Crippen LogP contribution in [0.15, 0.2) is 70.5 Å². The van der Waals surface area contributed by atoms with Gasteiger partial charge in [-0.15, -0.1) is 11.3 Å². The van der Waals surface area contributed by atoms with Crippen molar-refractivity contribution in [3.63, 3.8) is 0 Å². The zero-order chi connectivity index (χ0) is 23.7. The fraction of sp³-hybridized carbons (Fsp3) is 0.160. The Kier molecular flexibility index (Phi) is 5.77. The van der Waals surface area contributed by atoms with Crippen LogP contribution in [0.25, 0.3) is 32.2 Å². The summed E-state index contributed by atoms with van der Waals surface area (Å²) in [6, 6.07) is 16.8. The molecule has 5 rings (SSSR count). The van der Waals surface area contributed by atoms with Gasteiger partial charge in [-0.2, -0.15) is 0 Å². The molecule has 0 bridgehead atoms. The van der Waals surface area contributed by atoms with E-state index in [4.69, 9.17) is 0 Å². The summed E-state index contributed by atoms with van der Waals surface area (Å²) in [4.78, 5) is 51.2. The Morgan fingerprint density at radius 2 is 1.85 bits per heavy atom. The number of amides is 1. The highest BCUT2D eigenvalue weighted by Gasteiger charge is 2.17. The summed E-state index contributed by atoms with van der Waals surface area (Å²) in [5, 5.41) is 1.03. The van der Waals surface area contributed by atoms with Crippen molar-refractivity contribution in [2.75, 3.05) is 5.43 Å². The lowest BCUT2D eigenvalue weighted by Crippen LogP contribution is -2.33. The lowest BCUT2D eigenvalue weighted by Gasteiger charge is -2.08. The molecule has 0 radical (unpaired) electrons. The maximum atomic E-state index is 13.2.